The highest BCUT2D eigenvalue weighted by atomic mass is 28.4. The third-order valence-corrected chi connectivity index (χ3v) is 10.8. The highest BCUT2D eigenvalue weighted by Crippen LogP contribution is 2.41. The van der Waals surface area contributed by atoms with Crippen molar-refractivity contribution in [3.8, 4) is 0 Å². The minimum absolute atomic E-state index is 0.0841. The van der Waals surface area contributed by atoms with E-state index in [0.29, 0.717) is 5.82 Å². The van der Waals surface area contributed by atoms with Gasteiger partial charge in [-0.2, -0.15) is 13.2 Å². The number of halogens is 3. The van der Waals surface area contributed by atoms with Crippen molar-refractivity contribution in [1.29, 1.82) is 0 Å². The first-order chi connectivity index (χ1) is 15.1. The van der Waals surface area contributed by atoms with Gasteiger partial charge in [-0.3, -0.25) is 0 Å². The van der Waals surface area contributed by atoms with E-state index in [2.05, 4.69) is 65.9 Å². The summed E-state index contributed by atoms with van der Waals surface area (Å²) in [4.78, 5) is 8.35. The fraction of sp³-hybridized carbons (Fsp3) is 0.304. The second kappa shape index (κ2) is 8.07. The maximum atomic E-state index is 13.3. The monoisotopic (exact) mass is 458 g/mol. The summed E-state index contributed by atoms with van der Waals surface area (Å²) in [7, 11) is -2.78. The fourth-order valence-corrected chi connectivity index (χ4v) is 8.57. The van der Waals surface area contributed by atoms with E-state index in [-0.39, 0.29) is 17.2 Å². The van der Waals surface area contributed by atoms with Gasteiger partial charge in [0.05, 0.1) is 6.61 Å². The van der Waals surface area contributed by atoms with Gasteiger partial charge in [0.25, 0.3) is 8.32 Å². The second-order valence-corrected chi connectivity index (χ2v) is 13.1. The van der Waals surface area contributed by atoms with Crippen LogP contribution in [0.15, 0.2) is 73.1 Å². The molecule has 9 heteroatoms. The Morgan fingerprint density at radius 2 is 1.31 bits per heavy atom. The molecule has 0 bridgehead atoms. The Bertz CT molecular complexity index is 1010. The fourth-order valence-electron chi connectivity index (χ4n) is 4.07. The smallest absolute Gasteiger partial charge is 0.400 e. The van der Waals surface area contributed by atoms with Crippen LogP contribution in [0.25, 0.3) is 0 Å². The molecule has 1 aliphatic rings. The van der Waals surface area contributed by atoms with E-state index < -0.39 is 20.2 Å². The van der Waals surface area contributed by atoms with Crippen LogP contribution in [0.3, 0.4) is 0 Å². The Morgan fingerprint density at radius 1 is 0.844 bits per heavy atom. The van der Waals surface area contributed by atoms with Gasteiger partial charge in [-0.25, -0.2) is 20.8 Å². The number of hydrogen-bond acceptors (Lipinski definition) is 5. The van der Waals surface area contributed by atoms with E-state index in [0.717, 1.165) is 10.4 Å². The average Bonchev–Trinajstić information content (AvgIpc) is 3.58. The molecule has 0 spiro atoms. The molecule has 1 aromatic heterocycles. The molecule has 1 aliphatic heterocycles. The first-order valence-corrected chi connectivity index (χ1v) is 12.2. The number of aromatic nitrogens is 2. The number of nitrogens with zero attached hydrogens (tertiary/aromatic N) is 2. The number of benzene rings is 2. The molecule has 32 heavy (non-hydrogen) atoms. The highest BCUT2D eigenvalue weighted by Gasteiger charge is 2.65. The molecule has 1 saturated heterocycles. The van der Waals surface area contributed by atoms with Gasteiger partial charge in [0, 0.05) is 18.0 Å². The van der Waals surface area contributed by atoms with Crippen molar-refractivity contribution < 1.29 is 17.6 Å². The van der Waals surface area contributed by atoms with E-state index in [1.54, 1.807) is 0 Å². The zero-order valence-corrected chi connectivity index (χ0v) is 19.1. The lowest BCUT2D eigenvalue weighted by Gasteiger charge is -2.42. The number of alkyl halides is 3. The zero-order chi connectivity index (χ0) is 23.0. The van der Waals surface area contributed by atoms with Crippen molar-refractivity contribution in [3.63, 3.8) is 0 Å². The topological polar surface area (TPSA) is 78.9 Å². The largest absolute Gasteiger partial charge is 0.426 e. The molecule has 4 rings (SSSR count). The lowest BCUT2D eigenvalue weighted by molar-refractivity contribution is -0.165. The summed E-state index contributed by atoms with van der Waals surface area (Å²) in [6.07, 6.45) is -2.11. The van der Waals surface area contributed by atoms with Gasteiger partial charge < -0.3 is 4.43 Å². The van der Waals surface area contributed by atoms with Crippen LogP contribution in [0.5, 0.6) is 0 Å². The molecule has 3 aromatic rings. The van der Waals surface area contributed by atoms with Crippen LogP contribution in [-0.4, -0.2) is 24.5 Å². The molecule has 2 aromatic carbocycles. The first kappa shape index (κ1) is 22.6. The van der Waals surface area contributed by atoms with Gasteiger partial charge in [0.2, 0.25) is 5.66 Å². The molecule has 5 nitrogen and oxygen atoms in total. The lowest BCUT2D eigenvalue weighted by Crippen LogP contribution is -2.66. The summed E-state index contributed by atoms with van der Waals surface area (Å²) < 4.78 is 46.6. The molecule has 0 amide bonds. The molecule has 2 N–H and O–H groups in total. The van der Waals surface area contributed by atoms with Crippen LogP contribution >= 0.6 is 0 Å². The van der Waals surface area contributed by atoms with Crippen molar-refractivity contribution in [1.82, 2.24) is 20.8 Å². The molecule has 2 heterocycles. The average molecular weight is 459 g/mol. The van der Waals surface area contributed by atoms with Gasteiger partial charge in [-0.15, -0.1) is 0 Å². The van der Waals surface area contributed by atoms with E-state index >= 15 is 0 Å². The molecule has 0 saturated carbocycles. The quantitative estimate of drug-likeness (QED) is 0.437. The standard InChI is InChI=1S/C23H25F3N4OSi/c1-21(2,3)32(18-10-6-4-7-11-18,19-12-8-5-9-13-19)31-16-20-27-14-17(15-28-20)22(29-30-22)23(24,25)26/h4-15,29-30H,16H2,1-3H3. The predicted octanol–water partition coefficient (Wildman–Crippen LogP) is 3.38. The zero-order valence-electron chi connectivity index (χ0n) is 18.1. The summed E-state index contributed by atoms with van der Waals surface area (Å²) in [6.45, 7) is 6.55. The van der Waals surface area contributed by atoms with E-state index in [1.807, 2.05) is 36.4 Å². The molecule has 0 radical (unpaired) electrons. The summed E-state index contributed by atoms with van der Waals surface area (Å²) in [5, 5.41) is 1.99. The second-order valence-electron chi connectivity index (χ2n) is 8.84. The van der Waals surface area contributed by atoms with Crippen molar-refractivity contribution in [2.75, 3.05) is 0 Å². The van der Waals surface area contributed by atoms with E-state index in [9.17, 15) is 13.2 Å². The SMILES string of the molecule is CC(C)(C)[Si](OCc1ncc(C2(C(F)(F)F)NN2)cn1)(c1ccccc1)c1ccccc1. The van der Waals surface area contributed by atoms with Crippen molar-refractivity contribution in [3.05, 3.63) is 84.4 Å². The minimum atomic E-state index is -4.50. The number of nitrogens with one attached hydrogen (secondary N) is 2. The Balaban J connectivity index is 1.67. The lowest BCUT2D eigenvalue weighted by atomic mass is 10.1. The Morgan fingerprint density at radius 3 is 1.69 bits per heavy atom. The van der Waals surface area contributed by atoms with E-state index in [1.165, 1.54) is 12.4 Å². The van der Waals surface area contributed by atoms with Crippen LogP contribution in [0, 0.1) is 0 Å². The molecule has 0 aliphatic carbocycles. The Labute approximate surface area is 186 Å². The first-order valence-electron chi connectivity index (χ1n) is 10.3. The summed E-state index contributed by atoms with van der Waals surface area (Å²) >= 11 is 0. The van der Waals surface area contributed by atoms with Crippen molar-refractivity contribution in [2.24, 2.45) is 0 Å². The Hall–Kier alpha value is -2.59. The summed E-state index contributed by atoms with van der Waals surface area (Å²) in [5.41, 5.74) is 1.97. The van der Waals surface area contributed by atoms with Crippen molar-refractivity contribution >= 4 is 18.7 Å². The third-order valence-electron chi connectivity index (χ3n) is 5.77. The highest BCUT2D eigenvalue weighted by molar-refractivity contribution is 6.99. The molecule has 1 fully saturated rings. The van der Waals surface area contributed by atoms with Crippen LogP contribution in [0.4, 0.5) is 13.2 Å². The predicted molar refractivity (Wildman–Crippen MR) is 118 cm³/mol. The van der Waals surface area contributed by atoms with Crippen LogP contribution in [-0.2, 0) is 16.7 Å². The molecular weight excluding hydrogens is 433 g/mol. The van der Waals surface area contributed by atoms with Gasteiger partial charge in [-0.05, 0) is 15.4 Å². The van der Waals surface area contributed by atoms with Gasteiger partial charge in [-0.1, -0.05) is 81.4 Å². The minimum Gasteiger partial charge on any atom is -0.400 e. The van der Waals surface area contributed by atoms with Crippen LogP contribution in [0.2, 0.25) is 5.04 Å². The number of hydrogen-bond donors (Lipinski definition) is 2. The summed E-state index contributed by atoms with van der Waals surface area (Å²) in [6, 6.07) is 20.2. The number of hydrazine groups is 1. The Kier molecular flexibility index (Phi) is 5.70. The van der Waals surface area contributed by atoms with Crippen molar-refractivity contribution in [2.45, 2.75) is 44.3 Å². The normalized spacial score (nSPS) is 16.1. The molecule has 0 atom stereocenters. The van der Waals surface area contributed by atoms with Crippen LogP contribution < -0.4 is 21.2 Å². The van der Waals surface area contributed by atoms with E-state index in [4.69, 9.17) is 4.43 Å². The molecule has 0 unspecified atom stereocenters. The maximum Gasteiger partial charge on any atom is 0.426 e. The molecular formula is C23H25F3N4OSi. The third kappa shape index (κ3) is 3.86. The number of rotatable bonds is 6. The van der Waals surface area contributed by atoms with Gasteiger partial charge >= 0.3 is 6.18 Å². The summed E-state index contributed by atoms with van der Waals surface area (Å²) in [5.74, 6) is 0.333. The van der Waals surface area contributed by atoms with Crippen LogP contribution in [0.1, 0.15) is 32.2 Å². The van der Waals surface area contributed by atoms with Gasteiger partial charge in [0.1, 0.15) is 0 Å². The van der Waals surface area contributed by atoms with Gasteiger partial charge in [0.15, 0.2) is 5.82 Å². The molecule has 168 valence electrons. The maximum absolute atomic E-state index is 13.3.